The number of hydrogen-bond donors (Lipinski definition) is 0. The summed E-state index contributed by atoms with van der Waals surface area (Å²) >= 11 is 0. The fourth-order valence-electron chi connectivity index (χ4n) is 4.24. The third-order valence-electron chi connectivity index (χ3n) is 5.35. The largest absolute Gasteiger partial charge is 0.436 e. The van der Waals surface area contributed by atoms with E-state index < -0.39 is 0 Å². The van der Waals surface area contributed by atoms with Crippen LogP contribution < -0.4 is 9.80 Å². The van der Waals surface area contributed by atoms with Crippen LogP contribution in [0.1, 0.15) is 20.8 Å². The number of rotatable bonds is 3. The fraction of sp³-hybridized carbons (Fsp3) is 0.261. The molecule has 0 saturated heterocycles. The van der Waals surface area contributed by atoms with Gasteiger partial charge < -0.3 is 14.2 Å². The fourth-order valence-corrected chi connectivity index (χ4v) is 4.24. The molecule has 0 spiro atoms. The van der Waals surface area contributed by atoms with Crippen LogP contribution in [0.2, 0.25) is 0 Å². The van der Waals surface area contributed by atoms with E-state index in [1.54, 1.807) is 6.20 Å². The van der Waals surface area contributed by atoms with E-state index in [0.717, 1.165) is 28.6 Å². The molecule has 0 N–H and O–H groups in total. The molecule has 4 heteroatoms. The van der Waals surface area contributed by atoms with Crippen LogP contribution in [0.15, 0.2) is 65.2 Å². The molecule has 1 atom stereocenters. The van der Waals surface area contributed by atoms with Gasteiger partial charge in [-0.1, -0.05) is 38.1 Å². The lowest BCUT2D eigenvalue weighted by Crippen LogP contribution is -2.40. The van der Waals surface area contributed by atoms with Crippen LogP contribution in [-0.2, 0) is 0 Å². The first-order valence-corrected chi connectivity index (χ1v) is 9.56. The van der Waals surface area contributed by atoms with E-state index in [2.05, 4.69) is 84.1 Å². The summed E-state index contributed by atoms with van der Waals surface area (Å²) in [5.74, 6) is 0.589. The molecule has 0 fully saturated rings. The number of para-hydroxylation sites is 3. The molecule has 4 nitrogen and oxygen atoms in total. The van der Waals surface area contributed by atoms with Gasteiger partial charge in [0, 0.05) is 23.5 Å². The van der Waals surface area contributed by atoms with Gasteiger partial charge in [0.1, 0.15) is 6.17 Å². The maximum absolute atomic E-state index is 6.20. The SMILES string of the molecule is CC(C)CN1c2ccccc2N(c2cccc3c2oc2ncccc23)[C@H]1C. The molecular formula is C23H23N3O. The second kappa shape index (κ2) is 6.02. The predicted molar refractivity (Wildman–Crippen MR) is 112 cm³/mol. The van der Waals surface area contributed by atoms with Gasteiger partial charge in [0.25, 0.3) is 0 Å². The van der Waals surface area contributed by atoms with Crippen molar-refractivity contribution in [2.24, 2.45) is 5.92 Å². The summed E-state index contributed by atoms with van der Waals surface area (Å²) in [7, 11) is 0. The first kappa shape index (κ1) is 16.2. The molecule has 1 aliphatic heterocycles. The first-order chi connectivity index (χ1) is 13.1. The molecule has 136 valence electrons. The molecular weight excluding hydrogens is 334 g/mol. The highest BCUT2D eigenvalue weighted by molar-refractivity contribution is 6.09. The predicted octanol–water partition coefficient (Wildman–Crippen LogP) is 5.94. The Kier molecular flexibility index (Phi) is 3.61. The van der Waals surface area contributed by atoms with Crippen molar-refractivity contribution in [2.75, 3.05) is 16.3 Å². The summed E-state index contributed by atoms with van der Waals surface area (Å²) in [5, 5.41) is 2.18. The van der Waals surface area contributed by atoms with Gasteiger partial charge in [0.05, 0.1) is 17.1 Å². The minimum absolute atomic E-state index is 0.219. The Morgan fingerprint density at radius 1 is 0.926 bits per heavy atom. The zero-order valence-corrected chi connectivity index (χ0v) is 15.9. The number of hydrogen-bond acceptors (Lipinski definition) is 4. The van der Waals surface area contributed by atoms with Gasteiger partial charge >= 0.3 is 0 Å². The van der Waals surface area contributed by atoms with Gasteiger partial charge in [-0.25, -0.2) is 4.98 Å². The monoisotopic (exact) mass is 357 g/mol. The van der Waals surface area contributed by atoms with Crippen LogP contribution in [0, 0.1) is 5.92 Å². The molecule has 0 radical (unpaired) electrons. The van der Waals surface area contributed by atoms with Crippen molar-refractivity contribution >= 4 is 39.1 Å². The Labute approximate surface area is 159 Å². The van der Waals surface area contributed by atoms with E-state index in [1.165, 1.54) is 11.4 Å². The minimum Gasteiger partial charge on any atom is -0.436 e. The number of anilines is 3. The van der Waals surface area contributed by atoms with E-state index in [4.69, 9.17) is 4.42 Å². The number of nitrogens with zero attached hydrogens (tertiary/aromatic N) is 3. The van der Waals surface area contributed by atoms with Gasteiger partial charge in [-0.05, 0) is 43.2 Å². The summed E-state index contributed by atoms with van der Waals surface area (Å²) in [6, 6.07) is 19.1. The Balaban J connectivity index is 1.73. The first-order valence-electron chi connectivity index (χ1n) is 9.56. The lowest BCUT2D eigenvalue weighted by atomic mass is 10.1. The van der Waals surface area contributed by atoms with Crippen LogP contribution >= 0.6 is 0 Å². The molecule has 1 aliphatic rings. The molecule has 0 saturated carbocycles. The smallest absolute Gasteiger partial charge is 0.227 e. The number of furan rings is 1. The topological polar surface area (TPSA) is 32.5 Å². The molecule has 2 aromatic heterocycles. The van der Waals surface area contributed by atoms with Crippen LogP contribution in [0.4, 0.5) is 17.1 Å². The van der Waals surface area contributed by atoms with Gasteiger partial charge in [0.15, 0.2) is 5.58 Å². The molecule has 0 amide bonds. The lowest BCUT2D eigenvalue weighted by molar-refractivity contribution is 0.570. The minimum atomic E-state index is 0.219. The van der Waals surface area contributed by atoms with Crippen molar-refractivity contribution in [3.05, 3.63) is 60.8 Å². The Hall–Kier alpha value is -3.01. The Morgan fingerprint density at radius 2 is 1.67 bits per heavy atom. The maximum atomic E-state index is 6.20. The number of aromatic nitrogens is 1. The van der Waals surface area contributed by atoms with Crippen LogP contribution in [0.25, 0.3) is 22.1 Å². The summed E-state index contributed by atoms with van der Waals surface area (Å²) in [6.45, 7) is 7.82. The van der Waals surface area contributed by atoms with Gasteiger partial charge in [-0.2, -0.15) is 0 Å². The Bertz CT molecular complexity index is 1130. The van der Waals surface area contributed by atoms with E-state index >= 15 is 0 Å². The van der Waals surface area contributed by atoms with Gasteiger partial charge in [-0.15, -0.1) is 0 Å². The van der Waals surface area contributed by atoms with E-state index in [-0.39, 0.29) is 6.17 Å². The quantitative estimate of drug-likeness (QED) is 0.454. The molecule has 5 rings (SSSR count). The number of pyridine rings is 1. The standard InChI is InChI=1S/C23H23N3O/c1-15(2)14-25-16(3)26(20-11-5-4-10-19(20)25)21-12-6-8-17-18-9-7-13-24-23(18)27-22(17)21/h4-13,15-16H,14H2,1-3H3/t16-/m0/s1. The zero-order chi connectivity index (χ0) is 18.5. The van der Waals surface area contributed by atoms with Crippen molar-refractivity contribution < 1.29 is 4.42 Å². The number of fused-ring (bicyclic) bond motifs is 4. The van der Waals surface area contributed by atoms with E-state index in [1.807, 2.05) is 6.07 Å². The van der Waals surface area contributed by atoms with E-state index in [0.29, 0.717) is 11.6 Å². The zero-order valence-electron chi connectivity index (χ0n) is 15.9. The summed E-state index contributed by atoms with van der Waals surface area (Å²) in [4.78, 5) is 9.29. The average molecular weight is 357 g/mol. The highest BCUT2D eigenvalue weighted by Crippen LogP contribution is 2.47. The van der Waals surface area contributed by atoms with E-state index in [9.17, 15) is 0 Å². The molecule has 27 heavy (non-hydrogen) atoms. The van der Waals surface area contributed by atoms with Gasteiger partial charge in [-0.3, -0.25) is 0 Å². The molecule has 3 heterocycles. The maximum Gasteiger partial charge on any atom is 0.227 e. The molecule has 2 aromatic carbocycles. The van der Waals surface area contributed by atoms with Crippen molar-refractivity contribution in [3.63, 3.8) is 0 Å². The van der Waals surface area contributed by atoms with Crippen molar-refractivity contribution in [2.45, 2.75) is 26.9 Å². The summed E-state index contributed by atoms with van der Waals surface area (Å²) in [6.07, 6.45) is 2.00. The average Bonchev–Trinajstić information content (AvgIpc) is 3.18. The van der Waals surface area contributed by atoms with Crippen molar-refractivity contribution in [1.29, 1.82) is 0 Å². The molecule has 0 aliphatic carbocycles. The normalized spacial score (nSPS) is 16.7. The third kappa shape index (κ3) is 2.40. The van der Waals surface area contributed by atoms with Crippen LogP contribution in [0.5, 0.6) is 0 Å². The summed E-state index contributed by atoms with van der Waals surface area (Å²) < 4.78 is 6.20. The van der Waals surface area contributed by atoms with Gasteiger partial charge in [0.2, 0.25) is 5.71 Å². The van der Waals surface area contributed by atoms with Crippen molar-refractivity contribution in [3.8, 4) is 0 Å². The van der Waals surface area contributed by atoms with Crippen LogP contribution in [-0.4, -0.2) is 17.7 Å². The van der Waals surface area contributed by atoms with Crippen molar-refractivity contribution in [1.82, 2.24) is 4.98 Å². The lowest BCUT2D eigenvalue weighted by Gasteiger charge is -2.31. The third-order valence-corrected chi connectivity index (χ3v) is 5.35. The highest BCUT2D eigenvalue weighted by atomic mass is 16.3. The summed E-state index contributed by atoms with van der Waals surface area (Å²) in [5.41, 5.74) is 5.20. The van der Waals surface area contributed by atoms with Crippen LogP contribution in [0.3, 0.4) is 0 Å². The second-order valence-corrected chi connectivity index (χ2v) is 7.65. The number of benzene rings is 2. The Morgan fingerprint density at radius 3 is 2.48 bits per heavy atom. The molecule has 0 bridgehead atoms. The second-order valence-electron chi connectivity index (χ2n) is 7.65. The molecule has 0 unspecified atom stereocenters. The highest BCUT2D eigenvalue weighted by Gasteiger charge is 2.35. The molecule has 4 aromatic rings.